The zero-order valence-electron chi connectivity index (χ0n) is 2.77. The summed E-state index contributed by atoms with van der Waals surface area (Å²) in [5, 5.41) is 0. The number of hydrogen-bond donors (Lipinski definition) is 0. The molecule has 0 saturated heterocycles. The fourth-order valence-electron chi connectivity index (χ4n) is 0. The second-order valence-corrected chi connectivity index (χ2v) is 3.86. The maximum atomic E-state index is 4.83. The molecule has 0 bridgehead atoms. The molecule has 0 aromatic carbocycles. The first-order valence-electron chi connectivity index (χ1n) is 0.756. The molecule has 0 aromatic rings. The topological polar surface area (TPSA) is 0 Å². The summed E-state index contributed by atoms with van der Waals surface area (Å²) in [7, 11) is 0. The Balaban J connectivity index is -0.0000000267. The SMILES string of the molecule is C.ClC(Cl)(Cl)Cl.[Cl-].[Cl-]. The molecular weight excluding hydrogens is 237 g/mol. The van der Waals surface area contributed by atoms with E-state index in [1.54, 1.807) is 0 Å². The lowest BCUT2D eigenvalue weighted by atomic mass is 11.8. The zero-order chi connectivity index (χ0) is 4.50. The van der Waals surface area contributed by atoms with Crippen LogP contribution in [-0.4, -0.2) is 3.25 Å². The summed E-state index contributed by atoms with van der Waals surface area (Å²) in [4.78, 5) is 0. The van der Waals surface area contributed by atoms with Crippen molar-refractivity contribution in [1.29, 1.82) is 0 Å². The first-order chi connectivity index (χ1) is 2.00. The van der Waals surface area contributed by atoms with Crippen molar-refractivity contribution >= 4 is 46.4 Å². The molecule has 0 spiro atoms. The largest absolute Gasteiger partial charge is 1.00 e. The molecule has 0 heterocycles. The Morgan fingerprint density at radius 1 is 0.750 bits per heavy atom. The highest BCUT2D eigenvalue weighted by Gasteiger charge is 2.11. The van der Waals surface area contributed by atoms with Crippen molar-refractivity contribution in [2.75, 3.05) is 0 Å². The molecule has 0 atom stereocenters. The number of alkyl halides is 4. The predicted octanol–water partition coefficient (Wildman–Crippen LogP) is -2.80. The molecule has 0 aromatic heterocycles. The molecule has 0 amide bonds. The predicted molar refractivity (Wildman–Crippen MR) is 32.9 cm³/mol. The van der Waals surface area contributed by atoms with Gasteiger partial charge in [0, 0.05) is 0 Å². The summed E-state index contributed by atoms with van der Waals surface area (Å²) in [6, 6.07) is 0. The lowest BCUT2D eigenvalue weighted by Gasteiger charge is -1.91. The lowest BCUT2D eigenvalue weighted by molar-refractivity contribution is -0.001000. The van der Waals surface area contributed by atoms with Crippen LogP contribution in [0.1, 0.15) is 7.43 Å². The van der Waals surface area contributed by atoms with Crippen LogP contribution in [0.3, 0.4) is 0 Å². The minimum absolute atomic E-state index is 0. The second kappa shape index (κ2) is 8.74. The molecule has 0 radical (unpaired) electrons. The fraction of sp³-hybridized carbons (Fsp3) is 1.00. The van der Waals surface area contributed by atoms with Crippen LogP contribution in [0.15, 0.2) is 0 Å². The number of rotatable bonds is 0. The van der Waals surface area contributed by atoms with Crippen LogP contribution in [-0.2, 0) is 0 Å². The van der Waals surface area contributed by atoms with Crippen molar-refractivity contribution in [3.8, 4) is 0 Å². The van der Waals surface area contributed by atoms with Crippen molar-refractivity contribution < 1.29 is 24.8 Å². The van der Waals surface area contributed by atoms with Gasteiger partial charge in [-0.05, 0) is 0 Å². The molecule has 56 valence electrons. The number of halogens is 6. The minimum Gasteiger partial charge on any atom is -1.00 e. The van der Waals surface area contributed by atoms with Gasteiger partial charge in [-0.25, -0.2) is 0 Å². The van der Waals surface area contributed by atoms with Gasteiger partial charge in [0.15, 0.2) is 0 Å². The average molecular weight is 241 g/mol. The molecule has 0 rings (SSSR count). The Kier molecular flexibility index (Phi) is 24.7. The molecule has 8 heavy (non-hydrogen) atoms. The van der Waals surface area contributed by atoms with Crippen molar-refractivity contribution in [1.82, 2.24) is 0 Å². The summed E-state index contributed by atoms with van der Waals surface area (Å²) in [6.07, 6.45) is 0. The Morgan fingerprint density at radius 3 is 0.750 bits per heavy atom. The van der Waals surface area contributed by atoms with Crippen LogP contribution in [0.2, 0.25) is 0 Å². The molecule has 0 nitrogen and oxygen atoms in total. The van der Waals surface area contributed by atoms with Gasteiger partial charge in [0.1, 0.15) is 0 Å². The third-order valence-corrected chi connectivity index (χ3v) is 0. The quantitative estimate of drug-likeness (QED) is 0.402. The van der Waals surface area contributed by atoms with E-state index in [2.05, 4.69) is 0 Å². The van der Waals surface area contributed by atoms with E-state index in [1.807, 2.05) is 0 Å². The zero-order valence-corrected chi connectivity index (χ0v) is 7.30. The molecule has 0 aliphatic rings. The molecule has 0 fully saturated rings. The molecule has 0 unspecified atom stereocenters. The van der Waals surface area contributed by atoms with Crippen LogP contribution in [0.5, 0.6) is 0 Å². The highest BCUT2D eigenvalue weighted by molar-refractivity contribution is 6.83. The fourth-order valence-corrected chi connectivity index (χ4v) is 0. The van der Waals surface area contributed by atoms with Crippen LogP contribution in [0, 0.1) is 0 Å². The van der Waals surface area contributed by atoms with Gasteiger partial charge in [0.05, 0.1) is 0 Å². The first kappa shape index (κ1) is 22.6. The van der Waals surface area contributed by atoms with E-state index in [-0.39, 0.29) is 32.2 Å². The highest BCUT2D eigenvalue weighted by atomic mass is 35.6. The molecule has 0 aliphatic heterocycles. The third kappa shape index (κ3) is 116. The van der Waals surface area contributed by atoms with Gasteiger partial charge in [-0.15, -0.1) is 0 Å². The van der Waals surface area contributed by atoms with Crippen molar-refractivity contribution in [3.05, 3.63) is 0 Å². The Labute approximate surface area is 81.6 Å². The van der Waals surface area contributed by atoms with E-state index in [0.717, 1.165) is 0 Å². The lowest BCUT2D eigenvalue weighted by Crippen LogP contribution is -3.00. The van der Waals surface area contributed by atoms with Gasteiger partial charge in [-0.1, -0.05) is 53.8 Å². The van der Waals surface area contributed by atoms with Crippen molar-refractivity contribution in [3.63, 3.8) is 0 Å². The van der Waals surface area contributed by atoms with E-state index in [1.165, 1.54) is 0 Å². The van der Waals surface area contributed by atoms with Gasteiger partial charge < -0.3 is 24.8 Å². The summed E-state index contributed by atoms with van der Waals surface area (Å²) < 4.78 is -1.61. The van der Waals surface area contributed by atoms with Gasteiger partial charge in [0.2, 0.25) is 0 Å². The van der Waals surface area contributed by atoms with Crippen LogP contribution in [0.4, 0.5) is 0 Å². The van der Waals surface area contributed by atoms with Crippen molar-refractivity contribution in [2.24, 2.45) is 0 Å². The third-order valence-electron chi connectivity index (χ3n) is 0. The molecule has 0 saturated carbocycles. The summed E-state index contributed by atoms with van der Waals surface area (Å²) in [6.45, 7) is 0. The van der Waals surface area contributed by atoms with E-state index in [4.69, 9.17) is 46.4 Å². The van der Waals surface area contributed by atoms with Gasteiger partial charge >= 0.3 is 0 Å². The van der Waals surface area contributed by atoms with Crippen LogP contribution in [0.25, 0.3) is 0 Å². The molecule has 0 N–H and O–H groups in total. The van der Waals surface area contributed by atoms with Gasteiger partial charge in [-0.3, -0.25) is 0 Å². The molecule has 0 aliphatic carbocycles. The summed E-state index contributed by atoms with van der Waals surface area (Å²) >= 11 is 19.3. The van der Waals surface area contributed by atoms with Crippen LogP contribution < -0.4 is 24.8 Å². The Hall–Kier alpha value is 1.74. The smallest absolute Gasteiger partial charge is 0.266 e. The highest BCUT2D eigenvalue weighted by Crippen LogP contribution is 2.29. The maximum Gasteiger partial charge on any atom is 0.266 e. The van der Waals surface area contributed by atoms with Gasteiger partial charge in [0.25, 0.3) is 3.25 Å². The van der Waals surface area contributed by atoms with E-state index in [9.17, 15) is 0 Å². The van der Waals surface area contributed by atoms with E-state index in [0.29, 0.717) is 0 Å². The summed E-state index contributed by atoms with van der Waals surface area (Å²) in [5.74, 6) is 0. The van der Waals surface area contributed by atoms with Gasteiger partial charge in [-0.2, -0.15) is 0 Å². The Bertz CT molecular complexity index is 22.0. The maximum absolute atomic E-state index is 4.83. The minimum atomic E-state index is -1.61. The normalized spacial score (nSPS) is 7.50. The van der Waals surface area contributed by atoms with E-state index >= 15 is 0 Å². The summed E-state index contributed by atoms with van der Waals surface area (Å²) in [5.41, 5.74) is 0. The monoisotopic (exact) mass is 238 g/mol. The van der Waals surface area contributed by atoms with Crippen LogP contribution >= 0.6 is 46.4 Å². The van der Waals surface area contributed by atoms with Crippen molar-refractivity contribution in [2.45, 2.75) is 10.7 Å². The first-order valence-corrected chi connectivity index (χ1v) is 2.27. The molecular formula is C2H4Cl6-2. The number of hydrogen-bond acceptors (Lipinski definition) is 0. The molecule has 6 heteroatoms. The van der Waals surface area contributed by atoms with E-state index < -0.39 is 3.25 Å². The standard InChI is InChI=1S/CCl4.CH4.2ClH/c2-1(3,4)5;;;/h;1H4;2*1H/p-2. The Morgan fingerprint density at radius 2 is 0.750 bits per heavy atom. The average Bonchev–Trinajstić information content (AvgIpc) is 0.722. The second-order valence-electron chi connectivity index (χ2n) is 0.429.